The van der Waals surface area contributed by atoms with Crippen LogP contribution < -0.4 is 10.0 Å². The van der Waals surface area contributed by atoms with Crippen molar-refractivity contribution in [2.45, 2.75) is 37.6 Å². The number of piperidine rings is 1. The summed E-state index contributed by atoms with van der Waals surface area (Å²) in [6.07, 6.45) is 2.08. The molecule has 1 aliphatic rings. The Balaban J connectivity index is 0.00000288. The molecular formula is C14H21Cl2N3O4S. The van der Waals surface area contributed by atoms with E-state index >= 15 is 0 Å². The van der Waals surface area contributed by atoms with Gasteiger partial charge in [0, 0.05) is 24.7 Å². The number of nitrogens with zero attached hydrogens (tertiary/aromatic N) is 1. The van der Waals surface area contributed by atoms with Crippen LogP contribution in [0, 0.1) is 15.5 Å². The Kier molecular flexibility index (Phi) is 7.01. The standard InChI is InChI=1S/C14H20ClN3O4S.ClH/c1-14(2)6-3-7-16-13(14)9-17-23(21,22)12-5-4-10(18(19)20)8-11(12)15;/h4-5,8,13,16-17H,3,6-7,9H2,1-2H3;1H. The Labute approximate surface area is 152 Å². The van der Waals surface area contributed by atoms with Crippen molar-refractivity contribution in [3.05, 3.63) is 33.3 Å². The second-order valence-corrected chi connectivity index (χ2v) is 8.47. The molecule has 0 aromatic heterocycles. The van der Waals surface area contributed by atoms with Crippen molar-refractivity contribution >= 4 is 39.7 Å². The van der Waals surface area contributed by atoms with Gasteiger partial charge in [0.15, 0.2) is 0 Å². The molecule has 136 valence electrons. The number of benzene rings is 1. The Hall–Kier alpha value is -0.930. The molecule has 0 radical (unpaired) electrons. The van der Waals surface area contributed by atoms with Crippen LogP contribution in [0.25, 0.3) is 0 Å². The van der Waals surface area contributed by atoms with E-state index in [2.05, 4.69) is 23.9 Å². The van der Waals surface area contributed by atoms with E-state index in [1.54, 1.807) is 0 Å². The van der Waals surface area contributed by atoms with E-state index in [1.807, 2.05) is 0 Å². The van der Waals surface area contributed by atoms with Crippen LogP contribution in [-0.4, -0.2) is 32.5 Å². The van der Waals surface area contributed by atoms with E-state index < -0.39 is 14.9 Å². The topological polar surface area (TPSA) is 101 Å². The number of hydrogen-bond donors (Lipinski definition) is 2. The summed E-state index contributed by atoms with van der Waals surface area (Å²) in [7, 11) is -3.83. The number of nitro groups is 1. The first-order chi connectivity index (χ1) is 10.6. The zero-order chi connectivity index (χ0) is 17.3. The van der Waals surface area contributed by atoms with Gasteiger partial charge in [0.25, 0.3) is 5.69 Å². The van der Waals surface area contributed by atoms with Crippen molar-refractivity contribution in [1.29, 1.82) is 0 Å². The average Bonchev–Trinajstić information content (AvgIpc) is 2.45. The molecule has 2 N–H and O–H groups in total. The van der Waals surface area contributed by atoms with Crippen LogP contribution in [0.4, 0.5) is 5.69 Å². The second-order valence-electron chi connectivity index (χ2n) is 6.32. The fourth-order valence-corrected chi connectivity index (χ4v) is 4.30. The van der Waals surface area contributed by atoms with Gasteiger partial charge in [-0.15, -0.1) is 12.4 Å². The number of nitrogens with one attached hydrogen (secondary N) is 2. The predicted octanol–water partition coefficient (Wildman–Crippen LogP) is 2.73. The fourth-order valence-electron chi connectivity index (χ4n) is 2.71. The highest BCUT2D eigenvalue weighted by Crippen LogP contribution is 2.30. The van der Waals surface area contributed by atoms with E-state index in [-0.39, 0.29) is 46.0 Å². The summed E-state index contributed by atoms with van der Waals surface area (Å²) in [6, 6.07) is 3.34. The summed E-state index contributed by atoms with van der Waals surface area (Å²) in [5.41, 5.74) is -0.260. The third-order valence-electron chi connectivity index (χ3n) is 4.23. The zero-order valence-electron chi connectivity index (χ0n) is 13.4. The first kappa shape index (κ1) is 21.1. The highest BCUT2D eigenvalue weighted by molar-refractivity contribution is 7.89. The molecule has 7 nitrogen and oxygen atoms in total. The van der Waals surface area contributed by atoms with E-state index in [9.17, 15) is 18.5 Å². The smallest absolute Gasteiger partial charge is 0.271 e. The first-order valence-corrected chi connectivity index (χ1v) is 9.16. The molecule has 2 rings (SSSR count). The molecule has 0 spiro atoms. The number of halogens is 2. The van der Waals surface area contributed by atoms with Crippen molar-refractivity contribution in [2.24, 2.45) is 5.41 Å². The highest BCUT2D eigenvalue weighted by atomic mass is 35.5. The fraction of sp³-hybridized carbons (Fsp3) is 0.571. The summed E-state index contributed by atoms with van der Waals surface area (Å²) in [6.45, 7) is 5.28. The first-order valence-electron chi connectivity index (χ1n) is 7.30. The quantitative estimate of drug-likeness (QED) is 0.587. The monoisotopic (exact) mass is 397 g/mol. The van der Waals surface area contributed by atoms with Gasteiger partial charge in [0.05, 0.1) is 9.95 Å². The Bertz CT molecular complexity index is 710. The number of hydrogen-bond acceptors (Lipinski definition) is 5. The van der Waals surface area contributed by atoms with Gasteiger partial charge < -0.3 is 5.32 Å². The highest BCUT2D eigenvalue weighted by Gasteiger charge is 2.33. The number of non-ortho nitro benzene ring substituents is 1. The molecule has 1 atom stereocenters. The molecule has 0 saturated carbocycles. The zero-order valence-corrected chi connectivity index (χ0v) is 15.8. The van der Waals surface area contributed by atoms with Crippen LogP contribution in [-0.2, 0) is 10.0 Å². The van der Waals surface area contributed by atoms with Gasteiger partial charge in [-0.2, -0.15) is 0 Å². The van der Waals surface area contributed by atoms with Gasteiger partial charge in [-0.25, -0.2) is 13.1 Å². The van der Waals surface area contributed by atoms with Crippen LogP contribution >= 0.6 is 24.0 Å². The lowest BCUT2D eigenvalue weighted by Crippen LogP contribution is -2.52. The van der Waals surface area contributed by atoms with Crippen molar-refractivity contribution in [2.75, 3.05) is 13.1 Å². The van der Waals surface area contributed by atoms with E-state index in [4.69, 9.17) is 11.6 Å². The molecule has 0 bridgehead atoms. The second kappa shape index (κ2) is 7.97. The molecule has 1 unspecified atom stereocenters. The van der Waals surface area contributed by atoms with Gasteiger partial charge in [-0.05, 0) is 30.9 Å². The summed E-state index contributed by atoms with van der Waals surface area (Å²) in [4.78, 5) is 9.92. The third kappa shape index (κ3) is 4.80. The molecule has 0 aliphatic carbocycles. The summed E-state index contributed by atoms with van der Waals surface area (Å²) in [5.74, 6) is 0. The molecule has 1 aromatic rings. The van der Waals surface area contributed by atoms with Crippen molar-refractivity contribution in [1.82, 2.24) is 10.0 Å². The molecule has 1 aliphatic heterocycles. The van der Waals surface area contributed by atoms with Crippen molar-refractivity contribution in [3.8, 4) is 0 Å². The molecule has 1 fully saturated rings. The van der Waals surface area contributed by atoms with Gasteiger partial charge >= 0.3 is 0 Å². The maximum atomic E-state index is 12.4. The molecule has 1 aromatic carbocycles. The van der Waals surface area contributed by atoms with Crippen LogP contribution in [0.5, 0.6) is 0 Å². The minimum Gasteiger partial charge on any atom is -0.312 e. The molecule has 1 saturated heterocycles. The number of rotatable bonds is 5. The summed E-state index contributed by atoms with van der Waals surface area (Å²) >= 11 is 5.90. The van der Waals surface area contributed by atoms with E-state index in [1.165, 1.54) is 0 Å². The number of nitro benzene ring substituents is 1. The third-order valence-corrected chi connectivity index (χ3v) is 6.13. The largest absolute Gasteiger partial charge is 0.312 e. The van der Waals surface area contributed by atoms with Crippen LogP contribution in [0.2, 0.25) is 5.02 Å². The maximum absolute atomic E-state index is 12.4. The molecule has 10 heteroatoms. The minimum atomic E-state index is -3.83. The van der Waals surface area contributed by atoms with E-state index in [0.717, 1.165) is 37.6 Å². The minimum absolute atomic E-state index is 0. The number of sulfonamides is 1. The average molecular weight is 398 g/mol. The van der Waals surface area contributed by atoms with Crippen molar-refractivity contribution < 1.29 is 13.3 Å². The Morgan fingerprint density at radius 3 is 2.67 bits per heavy atom. The van der Waals surface area contributed by atoms with Crippen LogP contribution in [0.3, 0.4) is 0 Å². The maximum Gasteiger partial charge on any atom is 0.271 e. The normalized spacial score (nSPS) is 20.2. The van der Waals surface area contributed by atoms with E-state index in [0.29, 0.717) is 0 Å². The predicted molar refractivity (Wildman–Crippen MR) is 95.3 cm³/mol. The molecule has 0 amide bonds. The molecule has 1 heterocycles. The van der Waals surface area contributed by atoms with Gasteiger partial charge in [0.2, 0.25) is 10.0 Å². The van der Waals surface area contributed by atoms with Crippen LogP contribution in [0.15, 0.2) is 23.1 Å². The lowest BCUT2D eigenvalue weighted by Gasteiger charge is -2.39. The summed E-state index contributed by atoms with van der Waals surface area (Å²) in [5, 5.41) is 13.8. The Morgan fingerprint density at radius 1 is 1.46 bits per heavy atom. The lowest BCUT2D eigenvalue weighted by atomic mass is 9.78. The molecule has 24 heavy (non-hydrogen) atoms. The summed E-state index contributed by atoms with van der Waals surface area (Å²) < 4.78 is 27.3. The van der Waals surface area contributed by atoms with Gasteiger partial charge in [-0.1, -0.05) is 25.4 Å². The molecular weight excluding hydrogens is 377 g/mol. The lowest BCUT2D eigenvalue weighted by molar-refractivity contribution is -0.384. The van der Waals surface area contributed by atoms with Gasteiger partial charge in [0.1, 0.15) is 4.90 Å². The van der Waals surface area contributed by atoms with Crippen LogP contribution in [0.1, 0.15) is 26.7 Å². The Morgan fingerprint density at radius 2 is 2.12 bits per heavy atom. The SMILES string of the molecule is CC1(C)CCCNC1CNS(=O)(=O)c1ccc([N+](=O)[O-])cc1Cl.Cl. The van der Waals surface area contributed by atoms with Gasteiger partial charge in [-0.3, -0.25) is 10.1 Å². The van der Waals surface area contributed by atoms with Crippen molar-refractivity contribution in [3.63, 3.8) is 0 Å².